The minimum absolute atomic E-state index is 0.0257. The van der Waals surface area contributed by atoms with Gasteiger partial charge in [0.1, 0.15) is 4.32 Å². The first-order valence-electron chi connectivity index (χ1n) is 9.06. The molecule has 27 heavy (non-hydrogen) atoms. The highest BCUT2D eigenvalue weighted by atomic mass is 32.2. The average molecular weight is 413 g/mol. The number of thioether (sulfide) groups is 2. The fourth-order valence-electron chi connectivity index (χ4n) is 3.36. The molecule has 3 nitrogen and oxygen atoms in total. The third kappa shape index (κ3) is 3.30. The first-order chi connectivity index (χ1) is 13.1. The molecule has 0 aliphatic carbocycles. The van der Waals surface area contributed by atoms with Gasteiger partial charge >= 0.3 is 0 Å². The van der Waals surface area contributed by atoms with Gasteiger partial charge in [0.2, 0.25) is 0 Å². The Labute approximate surface area is 173 Å². The van der Waals surface area contributed by atoms with Gasteiger partial charge in [0.05, 0.1) is 15.6 Å². The quantitative estimate of drug-likeness (QED) is 0.469. The fraction of sp³-hybridized carbons (Fsp3) is 0.238. The lowest BCUT2D eigenvalue weighted by Crippen LogP contribution is -2.28. The summed E-state index contributed by atoms with van der Waals surface area (Å²) < 4.78 is 0.659. The first-order valence-corrected chi connectivity index (χ1v) is 11.1. The van der Waals surface area contributed by atoms with Crippen LogP contribution in [0.4, 0.5) is 5.69 Å². The highest BCUT2D eigenvalue weighted by Crippen LogP contribution is 2.49. The Bertz CT molecular complexity index is 996. The zero-order valence-corrected chi connectivity index (χ0v) is 17.7. The molecule has 1 fully saturated rings. The van der Waals surface area contributed by atoms with E-state index in [0.717, 1.165) is 18.0 Å². The van der Waals surface area contributed by atoms with Crippen LogP contribution in [-0.2, 0) is 4.79 Å². The molecule has 0 radical (unpaired) electrons. The monoisotopic (exact) mass is 412 g/mol. The summed E-state index contributed by atoms with van der Waals surface area (Å²) in [5.74, 6) is 0.0257. The summed E-state index contributed by atoms with van der Waals surface area (Å²) in [7, 11) is 0. The Balaban J connectivity index is 1.67. The number of carbonyl (C=O) groups is 1. The summed E-state index contributed by atoms with van der Waals surface area (Å²) in [5.41, 5.74) is 1.24. The van der Waals surface area contributed by atoms with Crippen molar-refractivity contribution in [3.05, 3.63) is 58.5 Å². The average Bonchev–Trinajstić information content (AvgIpc) is 3.18. The van der Waals surface area contributed by atoms with E-state index in [2.05, 4.69) is 61.2 Å². The van der Waals surface area contributed by atoms with E-state index in [9.17, 15) is 4.79 Å². The highest BCUT2D eigenvalue weighted by Gasteiger charge is 2.31. The number of amides is 1. The van der Waals surface area contributed by atoms with E-state index in [4.69, 9.17) is 12.2 Å². The van der Waals surface area contributed by atoms with Crippen LogP contribution in [0.2, 0.25) is 0 Å². The third-order valence-electron chi connectivity index (χ3n) is 4.64. The number of hydrogen-bond donors (Lipinski definition) is 0. The lowest BCUT2D eigenvalue weighted by molar-refractivity contribution is -0.122. The zero-order chi connectivity index (χ0) is 19.0. The van der Waals surface area contributed by atoms with E-state index in [1.807, 2.05) is 6.08 Å². The van der Waals surface area contributed by atoms with Crippen LogP contribution >= 0.6 is 35.7 Å². The van der Waals surface area contributed by atoms with Crippen molar-refractivity contribution >= 4 is 62.4 Å². The standard InChI is InChI=1S/C21H20N2OS3/c1-3-13-23-20(24)17(26-21(23)25)11-12-18-22(4-2)16-10-9-14-7-5-6-8-15(14)19(16)27-18/h5-12H,3-4,13H2,1-2H3. The van der Waals surface area contributed by atoms with Crippen LogP contribution in [0.1, 0.15) is 20.3 Å². The number of nitrogens with zero attached hydrogens (tertiary/aromatic N) is 2. The van der Waals surface area contributed by atoms with Gasteiger partial charge in [-0.25, -0.2) is 0 Å². The van der Waals surface area contributed by atoms with Crippen LogP contribution in [0.25, 0.3) is 10.8 Å². The van der Waals surface area contributed by atoms with Crippen LogP contribution in [-0.4, -0.2) is 28.2 Å². The number of benzene rings is 2. The summed E-state index contributed by atoms with van der Waals surface area (Å²) in [4.78, 5) is 18.5. The lowest BCUT2D eigenvalue weighted by Gasteiger charge is -2.17. The van der Waals surface area contributed by atoms with E-state index in [1.54, 1.807) is 16.7 Å². The van der Waals surface area contributed by atoms with E-state index < -0.39 is 0 Å². The number of anilines is 1. The molecule has 0 bridgehead atoms. The van der Waals surface area contributed by atoms with Gasteiger partial charge < -0.3 is 4.90 Å². The Kier molecular flexibility index (Phi) is 5.30. The van der Waals surface area contributed by atoms with Crippen molar-refractivity contribution in [2.24, 2.45) is 0 Å². The summed E-state index contributed by atoms with van der Waals surface area (Å²) in [5, 5.41) is 3.67. The molecule has 138 valence electrons. The number of fused-ring (bicyclic) bond motifs is 3. The largest absolute Gasteiger partial charge is 0.335 e. The first kappa shape index (κ1) is 18.6. The zero-order valence-electron chi connectivity index (χ0n) is 15.3. The predicted molar refractivity (Wildman–Crippen MR) is 121 cm³/mol. The van der Waals surface area contributed by atoms with Crippen molar-refractivity contribution < 1.29 is 4.79 Å². The second-order valence-electron chi connectivity index (χ2n) is 6.34. The molecular formula is C21H20N2OS3. The second-order valence-corrected chi connectivity index (χ2v) is 9.05. The molecule has 4 rings (SSSR count). The van der Waals surface area contributed by atoms with Crippen LogP contribution in [0, 0.1) is 0 Å². The Morgan fingerprint density at radius 1 is 1.04 bits per heavy atom. The number of thiocarbonyl (C=S) groups is 1. The second kappa shape index (κ2) is 7.70. The molecule has 0 N–H and O–H groups in total. The van der Waals surface area contributed by atoms with Crippen molar-refractivity contribution in [2.75, 3.05) is 18.0 Å². The Morgan fingerprint density at radius 3 is 2.63 bits per heavy atom. The van der Waals surface area contributed by atoms with Gasteiger partial charge in [-0.05, 0) is 42.3 Å². The summed E-state index contributed by atoms with van der Waals surface area (Å²) in [6.07, 6.45) is 4.89. The molecule has 0 aromatic heterocycles. The number of hydrogen-bond acceptors (Lipinski definition) is 5. The molecule has 2 aromatic rings. The number of rotatable bonds is 4. The van der Waals surface area contributed by atoms with Gasteiger partial charge in [0, 0.05) is 18.0 Å². The summed E-state index contributed by atoms with van der Waals surface area (Å²) in [6, 6.07) is 12.8. The molecule has 6 heteroatoms. The van der Waals surface area contributed by atoms with Crippen LogP contribution in [0.3, 0.4) is 0 Å². The molecule has 0 unspecified atom stereocenters. The topological polar surface area (TPSA) is 23.6 Å². The maximum atomic E-state index is 12.6. The van der Waals surface area contributed by atoms with Gasteiger partial charge in [-0.1, -0.05) is 73.0 Å². The van der Waals surface area contributed by atoms with Crippen molar-refractivity contribution in [1.29, 1.82) is 0 Å². The molecule has 0 atom stereocenters. The normalized spacial score (nSPS) is 19.8. The van der Waals surface area contributed by atoms with Crippen LogP contribution < -0.4 is 4.90 Å². The van der Waals surface area contributed by atoms with Crippen LogP contribution in [0.15, 0.2) is 63.4 Å². The highest BCUT2D eigenvalue weighted by molar-refractivity contribution is 8.26. The molecule has 2 aliphatic rings. The van der Waals surface area contributed by atoms with Gasteiger partial charge in [-0.2, -0.15) is 0 Å². The molecule has 2 aromatic carbocycles. The number of allylic oxidation sites excluding steroid dienone is 2. The van der Waals surface area contributed by atoms with Crippen molar-refractivity contribution in [3.63, 3.8) is 0 Å². The van der Waals surface area contributed by atoms with E-state index in [-0.39, 0.29) is 5.91 Å². The summed E-state index contributed by atoms with van der Waals surface area (Å²) >= 11 is 8.52. The molecule has 2 heterocycles. The number of carbonyl (C=O) groups excluding carboxylic acids is 1. The summed E-state index contributed by atoms with van der Waals surface area (Å²) in [6.45, 7) is 5.78. The molecule has 1 amide bonds. The third-order valence-corrected chi connectivity index (χ3v) is 7.23. The maximum Gasteiger partial charge on any atom is 0.266 e. The van der Waals surface area contributed by atoms with Crippen molar-refractivity contribution in [2.45, 2.75) is 25.2 Å². The molecule has 1 saturated heterocycles. The van der Waals surface area contributed by atoms with Crippen molar-refractivity contribution in [3.8, 4) is 0 Å². The van der Waals surface area contributed by atoms with E-state index in [0.29, 0.717) is 15.8 Å². The van der Waals surface area contributed by atoms with Gasteiger partial charge in [-0.3, -0.25) is 9.69 Å². The van der Waals surface area contributed by atoms with Gasteiger partial charge in [0.15, 0.2) is 0 Å². The predicted octanol–water partition coefficient (Wildman–Crippen LogP) is 5.77. The van der Waals surface area contributed by atoms with E-state index >= 15 is 0 Å². The Hall–Kier alpha value is -1.76. The van der Waals surface area contributed by atoms with Crippen molar-refractivity contribution in [1.82, 2.24) is 4.90 Å². The SMILES string of the molecule is CCCN1C(=O)C(=CC=C2Sc3c(ccc4ccccc34)N2CC)SC1=S. The molecular weight excluding hydrogens is 392 g/mol. The fourth-order valence-corrected chi connectivity index (χ4v) is 5.87. The smallest absolute Gasteiger partial charge is 0.266 e. The lowest BCUT2D eigenvalue weighted by atomic mass is 10.1. The molecule has 0 spiro atoms. The van der Waals surface area contributed by atoms with E-state index in [1.165, 1.54) is 33.1 Å². The Morgan fingerprint density at radius 2 is 1.85 bits per heavy atom. The van der Waals surface area contributed by atoms with Gasteiger partial charge in [0.25, 0.3) is 5.91 Å². The van der Waals surface area contributed by atoms with Gasteiger partial charge in [-0.15, -0.1) is 0 Å². The molecule has 2 aliphatic heterocycles. The van der Waals surface area contributed by atoms with Crippen LogP contribution in [0.5, 0.6) is 0 Å². The minimum Gasteiger partial charge on any atom is -0.335 e. The minimum atomic E-state index is 0.0257. The molecule has 0 saturated carbocycles. The maximum absolute atomic E-state index is 12.6.